The maximum Gasteiger partial charge on any atom is 0.147 e. The lowest BCUT2D eigenvalue weighted by molar-refractivity contribution is 0.747. The van der Waals surface area contributed by atoms with Crippen LogP contribution in [0.25, 0.3) is 0 Å². The van der Waals surface area contributed by atoms with Crippen LogP contribution in [-0.2, 0) is 19.9 Å². The second-order valence-electron chi connectivity index (χ2n) is 4.79. The smallest absolute Gasteiger partial charge is 0.147 e. The van der Waals surface area contributed by atoms with Gasteiger partial charge in [0, 0.05) is 13.6 Å². The molecule has 0 saturated heterocycles. The lowest BCUT2D eigenvalue weighted by Gasteiger charge is -2.09. The van der Waals surface area contributed by atoms with Gasteiger partial charge < -0.3 is 11.1 Å². The van der Waals surface area contributed by atoms with Gasteiger partial charge in [0.2, 0.25) is 0 Å². The largest absolute Gasteiger partial charge is 0.394 e. The van der Waals surface area contributed by atoms with Gasteiger partial charge in [0.05, 0.1) is 11.4 Å². The molecule has 0 unspecified atom stereocenters. The summed E-state index contributed by atoms with van der Waals surface area (Å²) >= 11 is 0. The van der Waals surface area contributed by atoms with E-state index in [0.29, 0.717) is 0 Å². The van der Waals surface area contributed by atoms with Crippen LogP contribution in [-0.4, -0.2) is 16.3 Å². The van der Waals surface area contributed by atoms with Crippen LogP contribution < -0.4 is 11.1 Å². The summed E-state index contributed by atoms with van der Waals surface area (Å²) in [6.07, 6.45) is 1.85. The Morgan fingerprint density at radius 3 is 2.68 bits per heavy atom. The molecule has 102 valence electrons. The van der Waals surface area contributed by atoms with E-state index in [1.807, 2.05) is 11.7 Å². The molecule has 1 aromatic carbocycles. The Balaban J connectivity index is 2.00. The maximum atomic E-state index is 6.08. The van der Waals surface area contributed by atoms with Crippen LogP contribution >= 0.6 is 0 Å². The van der Waals surface area contributed by atoms with Crippen molar-refractivity contribution in [2.24, 2.45) is 7.05 Å². The van der Waals surface area contributed by atoms with Gasteiger partial charge in [-0.2, -0.15) is 5.10 Å². The van der Waals surface area contributed by atoms with Crippen molar-refractivity contribution in [1.29, 1.82) is 0 Å². The van der Waals surface area contributed by atoms with Crippen LogP contribution in [0, 0.1) is 6.92 Å². The van der Waals surface area contributed by atoms with Gasteiger partial charge in [-0.15, -0.1) is 0 Å². The molecule has 0 fully saturated rings. The van der Waals surface area contributed by atoms with Crippen molar-refractivity contribution in [3.8, 4) is 0 Å². The predicted molar refractivity (Wildman–Crippen MR) is 80.4 cm³/mol. The molecular weight excluding hydrogens is 236 g/mol. The lowest BCUT2D eigenvalue weighted by atomic mass is 10.1. The van der Waals surface area contributed by atoms with Crippen LogP contribution in [0.4, 0.5) is 11.5 Å². The van der Waals surface area contributed by atoms with E-state index in [9.17, 15) is 0 Å². The third-order valence-corrected chi connectivity index (χ3v) is 3.44. The monoisotopic (exact) mass is 258 g/mol. The first-order valence-electron chi connectivity index (χ1n) is 6.73. The molecule has 3 N–H and O–H groups in total. The van der Waals surface area contributed by atoms with E-state index in [-0.39, 0.29) is 0 Å². The number of benzene rings is 1. The van der Waals surface area contributed by atoms with Gasteiger partial charge in [0.15, 0.2) is 0 Å². The molecular formula is C15H22N4. The molecule has 1 heterocycles. The Morgan fingerprint density at radius 1 is 1.32 bits per heavy atom. The molecule has 0 atom stereocenters. The zero-order chi connectivity index (χ0) is 13.8. The van der Waals surface area contributed by atoms with Crippen LogP contribution in [0.15, 0.2) is 24.3 Å². The van der Waals surface area contributed by atoms with Gasteiger partial charge in [-0.25, -0.2) is 0 Å². The van der Waals surface area contributed by atoms with Crippen LogP contribution in [0.5, 0.6) is 0 Å². The quantitative estimate of drug-likeness (QED) is 0.866. The summed E-state index contributed by atoms with van der Waals surface area (Å²) in [6.45, 7) is 5.07. The third-order valence-electron chi connectivity index (χ3n) is 3.44. The first-order valence-corrected chi connectivity index (χ1v) is 6.73. The van der Waals surface area contributed by atoms with Crippen LogP contribution in [0.3, 0.4) is 0 Å². The summed E-state index contributed by atoms with van der Waals surface area (Å²) in [6, 6.07) is 8.46. The first-order chi connectivity index (χ1) is 9.13. The van der Waals surface area contributed by atoms with Gasteiger partial charge in [-0.1, -0.05) is 31.2 Å². The number of hydrogen-bond acceptors (Lipinski definition) is 3. The Labute approximate surface area is 114 Å². The zero-order valence-corrected chi connectivity index (χ0v) is 11.9. The number of anilines is 2. The zero-order valence-electron chi connectivity index (χ0n) is 11.9. The molecule has 2 rings (SSSR count). The van der Waals surface area contributed by atoms with Crippen molar-refractivity contribution >= 4 is 11.5 Å². The highest BCUT2D eigenvalue weighted by molar-refractivity contribution is 5.65. The molecule has 19 heavy (non-hydrogen) atoms. The van der Waals surface area contributed by atoms with Crippen molar-refractivity contribution in [3.63, 3.8) is 0 Å². The SMILES string of the molecule is CCc1nn(C)c(NCCc2ccccc2C)c1N. The number of nitrogens with one attached hydrogen (secondary N) is 1. The molecule has 0 aliphatic carbocycles. The second kappa shape index (κ2) is 5.78. The second-order valence-corrected chi connectivity index (χ2v) is 4.79. The molecule has 4 heteroatoms. The van der Waals surface area contributed by atoms with Crippen molar-refractivity contribution in [3.05, 3.63) is 41.1 Å². The molecule has 0 bridgehead atoms. The molecule has 0 amide bonds. The summed E-state index contributed by atoms with van der Waals surface area (Å²) in [4.78, 5) is 0. The molecule has 0 aliphatic heterocycles. The predicted octanol–water partition coefficient (Wildman–Crippen LogP) is 2.53. The molecule has 0 saturated carbocycles. The fourth-order valence-corrected chi connectivity index (χ4v) is 2.27. The van der Waals surface area contributed by atoms with Gasteiger partial charge in [0.1, 0.15) is 5.82 Å². The minimum absolute atomic E-state index is 0.773. The number of nitrogens with zero attached hydrogens (tertiary/aromatic N) is 2. The van der Waals surface area contributed by atoms with E-state index in [4.69, 9.17) is 5.73 Å². The third kappa shape index (κ3) is 2.89. The average molecular weight is 258 g/mol. The topological polar surface area (TPSA) is 55.9 Å². The fourth-order valence-electron chi connectivity index (χ4n) is 2.27. The highest BCUT2D eigenvalue weighted by atomic mass is 15.3. The summed E-state index contributed by atoms with van der Waals surface area (Å²) in [7, 11) is 1.92. The Morgan fingerprint density at radius 2 is 2.05 bits per heavy atom. The Hall–Kier alpha value is -1.97. The average Bonchev–Trinajstić information content (AvgIpc) is 2.68. The molecule has 0 spiro atoms. The van der Waals surface area contributed by atoms with E-state index >= 15 is 0 Å². The minimum Gasteiger partial charge on any atom is -0.394 e. The number of nitrogen functional groups attached to an aromatic ring is 1. The summed E-state index contributed by atoms with van der Waals surface area (Å²) in [5, 5.41) is 7.79. The van der Waals surface area contributed by atoms with Gasteiger partial charge in [0.25, 0.3) is 0 Å². The van der Waals surface area contributed by atoms with E-state index < -0.39 is 0 Å². The Kier molecular flexibility index (Phi) is 4.10. The van der Waals surface area contributed by atoms with Crippen LogP contribution in [0.1, 0.15) is 23.7 Å². The summed E-state index contributed by atoms with van der Waals surface area (Å²) in [5.41, 5.74) is 10.5. The van der Waals surface area contributed by atoms with E-state index in [1.54, 1.807) is 0 Å². The Bertz CT molecular complexity index is 557. The fraction of sp³-hybridized carbons (Fsp3) is 0.400. The van der Waals surface area contributed by atoms with E-state index in [1.165, 1.54) is 11.1 Å². The standard InChI is InChI=1S/C15H22N4/c1-4-13-14(16)15(19(3)18-13)17-10-9-12-8-6-5-7-11(12)2/h5-8,17H,4,9-10,16H2,1-3H3. The molecule has 1 aromatic heterocycles. The molecule has 2 aromatic rings. The highest BCUT2D eigenvalue weighted by Crippen LogP contribution is 2.22. The van der Waals surface area contributed by atoms with Gasteiger partial charge >= 0.3 is 0 Å². The normalized spacial score (nSPS) is 10.7. The summed E-state index contributed by atoms with van der Waals surface area (Å²) in [5.74, 6) is 0.922. The molecule has 0 radical (unpaired) electrons. The van der Waals surface area contributed by atoms with Crippen molar-refractivity contribution in [1.82, 2.24) is 9.78 Å². The van der Waals surface area contributed by atoms with Gasteiger partial charge in [-0.3, -0.25) is 4.68 Å². The number of rotatable bonds is 5. The maximum absolute atomic E-state index is 6.08. The number of aryl methyl sites for hydroxylation is 3. The van der Waals surface area contributed by atoms with E-state index in [0.717, 1.165) is 36.6 Å². The summed E-state index contributed by atoms with van der Waals surface area (Å²) < 4.78 is 1.83. The highest BCUT2D eigenvalue weighted by Gasteiger charge is 2.11. The van der Waals surface area contributed by atoms with Crippen molar-refractivity contribution in [2.75, 3.05) is 17.6 Å². The number of aromatic nitrogens is 2. The number of hydrogen-bond donors (Lipinski definition) is 2. The molecule has 4 nitrogen and oxygen atoms in total. The minimum atomic E-state index is 0.773. The van der Waals surface area contributed by atoms with Gasteiger partial charge in [-0.05, 0) is 30.9 Å². The molecule has 0 aliphatic rings. The first kappa shape index (κ1) is 13.5. The van der Waals surface area contributed by atoms with E-state index in [2.05, 4.69) is 48.5 Å². The lowest BCUT2D eigenvalue weighted by Crippen LogP contribution is -2.10. The van der Waals surface area contributed by atoms with Crippen LogP contribution in [0.2, 0.25) is 0 Å². The van der Waals surface area contributed by atoms with Crippen molar-refractivity contribution < 1.29 is 0 Å². The number of nitrogens with two attached hydrogens (primary N) is 1. The van der Waals surface area contributed by atoms with Crippen molar-refractivity contribution in [2.45, 2.75) is 26.7 Å².